The molecule has 0 spiro atoms. The minimum atomic E-state index is -3.56. The molecule has 3 aromatic rings. The van der Waals surface area contributed by atoms with Crippen LogP contribution in [0.3, 0.4) is 0 Å². The van der Waals surface area contributed by atoms with Crippen molar-refractivity contribution < 1.29 is 13.5 Å². The predicted octanol–water partition coefficient (Wildman–Crippen LogP) is 2.38. The Labute approximate surface area is 194 Å². The number of aliphatic hydroxyl groups excluding tert-OH is 1. The molecule has 0 amide bonds. The molecule has 1 radical (unpaired) electrons. The normalized spacial score (nSPS) is 19.6. The lowest BCUT2D eigenvalue weighted by atomic mass is 9.92. The van der Waals surface area contributed by atoms with Gasteiger partial charge in [0.05, 0.1) is 41.5 Å². The predicted molar refractivity (Wildman–Crippen MR) is 126 cm³/mol. The van der Waals surface area contributed by atoms with Crippen LogP contribution in [0.25, 0.3) is 0 Å². The van der Waals surface area contributed by atoms with Crippen molar-refractivity contribution in [2.45, 2.75) is 50.3 Å². The Bertz CT molecular complexity index is 1170. The molecule has 175 valence electrons. The fourth-order valence-corrected chi connectivity index (χ4v) is 4.72. The fourth-order valence-electron chi connectivity index (χ4n) is 4.06. The molecule has 33 heavy (non-hydrogen) atoms. The number of hydrogen-bond donors (Lipinski definition) is 2. The highest BCUT2D eigenvalue weighted by molar-refractivity contribution is 7.93. The SMILES string of the molecule is [CH2]C(C)S(=O)(=O)Nc1cccc(C2[C@H](O)CCCN2Cc2cn(Cc3ccccn3)nn2)c1. The molecule has 3 atom stereocenters. The maximum Gasteiger partial charge on any atom is 0.235 e. The quantitative estimate of drug-likeness (QED) is 0.521. The van der Waals surface area contributed by atoms with Crippen molar-refractivity contribution in [3.05, 3.63) is 78.7 Å². The summed E-state index contributed by atoms with van der Waals surface area (Å²) in [6.07, 6.45) is 4.62. The zero-order valence-corrected chi connectivity index (χ0v) is 19.4. The molecule has 1 aliphatic heterocycles. The van der Waals surface area contributed by atoms with Crippen LogP contribution in [0.1, 0.15) is 42.8 Å². The van der Waals surface area contributed by atoms with E-state index in [0.29, 0.717) is 25.2 Å². The van der Waals surface area contributed by atoms with Crippen molar-refractivity contribution in [1.29, 1.82) is 0 Å². The Hall–Kier alpha value is -2.82. The Morgan fingerprint density at radius 1 is 1.21 bits per heavy atom. The second-order valence-corrected chi connectivity index (χ2v) is 10.5. The average molecular weight is 470 g/mol. The van der Waals surface area contributed by atoms with Crippen LogP contribution in [0.4, 0.5) is 5.69 Å². The van der Waals surface area contributed by atoms with E-state index in [2.05, 4.69) is 31.8 Å². The van der Waals surface area contributed by atoms with Gasteiger partial charge < -0.3 is 5.11 Å². The second kappa shape index (κ2) is 9.98. The van der Waals surface area contributed by atoms with Gasteiger partial charge in [0.2, 0.25) is 10.0 Å². The first-order chi connectivity index (χ1) is 15.8. The van der Waals surface area contributed by atoms with E-state index in [0.717, 1.165) is 29.9 Å². The first-order valence-corrected chi connectivity index (χ1v) is 12.5. The Kier molecular flexibility index (Phi) is 7.06. The van der Waals surface area contributed by atoms with Gasteiger partial charge in [-0.05, 0) is 63.1 Å². The van der Waals surface area contributed by atoms with Gasteiger partial charge in [0, 0.05) is 18.4 Å². The van der Waals surface area contributed by atoms with Crippen LogP contribution < -0.4 is 4.72 Å². The lowest BCUT2D eigenvalue weighted by molar-refractivity contribution is 0.00463. The standard InChI is InChI=1S/C23H29N6O3S/c1-17(2)33(31,32)26-19-9-5-7-18(13-19)23-22(30)10-6-12-28(23)14-21-16-29(27-25-21)15-20-8-3-4-11-24-20/h3-5,7-9,11,13,16-17,22-23,26,30H,1,6,10,12,14-15H2,2H3/t17?,22-,23?/m1/s1. The van der Waals surface area contributed by atoms with Gasteiger partial charge >= 0.3 is 0 Å². The second-order valence-electron chi connectivity index (χ2n) is 8.44. The lowest BCUT2D eigenvalue weighted by Crippen LogP contribution is -2.41. The molecule has 2 N–H and O–H groups in total. The highest BCUT2D eigenvalue weighted by Gasteiger charge is 2.32. The number of aliphatic hydroxyl groups is 1. The van der Waals surface area contributed by atoms with Gasteiger partial charge in [-0.2, -0.15) is 0 Å². The van der Waals surface area contributed by atoms with Crippen LogP contribution in [0.2, 0.25) is 0 Å². The molecule has 0 aliphatic carbocycles. The van der Waals surface area contributed by atoms with E-state index in [1.54, 1.807) is 29.1 Å². The molecule has 0 saturated carbocycles. The summed E-state index contributed by atoms with van der Waals surface area (Å²) in [6, 6.07) is 12.7. The molecule has 0 bridgehead atoms. The molecule has 2 aromatic heterocycles. The highest BCUT2D eigenvalue weighted by Crippen LogP contribution is 2.33. The summed E-state index contributed by atoms with van der Waals surface area (Å²) in [7, 11) is -3.56. The number of nitrogens with zero attached hydrogens (tertiary/aromatic N) is 5. The molecule has 4 rings (SSSR count). The highest BCUT2D eigenvalue weighted by atomic mass is 32.2. The number of piperidine rings is 1. The molecule has 1 fully saturated rings. The Morgan fingerprint density at radius 2 is 2.06 bits per heavy atom. The summed E-state index contributed by atoms with van der Waals surface area (Å²) < 4.78 is 28.8. The number of benzene rings is 1. The van der Waals surface area contributed by atoms with E-state index in [4.69, 9.17) is 0 Å². The summed E-state index contributed by atoms with van der Waals surface area (Å²) >= 11 is 0. The van der Waals surface area contributed by atoms with Crippen molar-refractivity contribution in [2.75, 3.05) is 11.3 Å². The van der Waals surface area contributed by atoms with Crippen LogP contribution in [0, 0.1) is 6.92 Å². The first-order valence-electron chi connectivity index (χ1n) is 11.0. The summed E-state index contributed by atoms with van der Waals surface area (Å²) in [6.45, 7) is 6.98. The number of nitrogens with one attached hydrogen (secondary N) is 1. The van der Waals surface area contributed by atoms with Crippen molar-refractivity contribution in [3.63, 3.8) is 0 Å². The number of pyridine rings is 1. The molecule has 1 saturated heterocycles. The molecular formula is C23H29N6O3S. The molecular weight excluding hydrogens is 440 g/mol. The van der Waals surface area contributed by atoms with E-state index in [1.807, 2.05) is 30.5 Å². The summed E-state index contributed by atoms with van der Waals surface area (Å²) in [5, 5.41) is 18.6. The topological polar surface area (TPSA) is 113 Å². The molecule has 3 heterocycles. The van der Waals surface area contributed by atoms with Gasteiger partial charge in [-0.25, -0.2) is 13.1 Å². The van der Waals surface area contributed by atoms with E-state index in [1.165, 1.54) is 6.92 Å². The van der Waals surface area contributed by atoms with Crippen molar-refractivity contribution in [3.8, 4) is 0 Å². The number of likely N-dealkylation sites (tertiary alicyclic amines) is 1. The van der Waals surface area contributed by atoms with Crippen LogP contribution in [0.5, 0.6) is 0 Å². The van der Waals surface area contributed by atoms with Crippen LogP contribution in [-0.4, -0.2) is 56.3 Å². The minimum absolute atomic E-state index is 0.277. The number of rotatable bonds is 8. The monoisotopic (exact) mass is 469 g/mol. The molecule has 2 unspecified atom stereocenters. The summed E-state index contributed by atoms with van der Waals surface area (Å²) in [4.78, 5) is 6.49. The summed E-state index contributed by atoms with van der Waals surface area (Å²) in [5.41, 5.74) is 3.01. The van der Waals surface area contributed by atoms with Crippen molar-refractivity contribution in [2.24, 2.45) is 0 Å². The number of sulfonamides is 1. The van der Waals surface area contributed by atoms with Crippen LogP contribution in [-0.2, 0) is 23.1 Å². The van der Waals surface area contributed by atoms with E-state index in [9.17, 15) is 13.5 Å². The van der Waals surface area contributed by atoms with Crippen LogP contribution >= 0.6 is 0 Å². The van der Waals surface area contributed by atoms with Gasteiger partial charge in [-0.15, -0.1) is 5.10 Å². The van der Waals surface area contributed by atoms with Gasteiger partial charge in [0.1, 0.15) is 0 Å². The first kappa shape index (κ1) is 23.3. The minimum Gasteiger partial charge on any atom is -0.391 e. The van der Waals surface area contributed by atoms with Gasteiger partial charge in [0.15, 0.2) is 0 Å². The molecule has 9 nitrogen and oxygen atoms in total. The van der Waals surface area contributed by atoms with Crippen molar-refractivity contribution in [1.82, 2.24) is 24.9 Å². The maximum atomic E-state index is 12.2. The maximum absolute atomic E-state index is 12.2. The average Bonchev–Trinajstić information content (AvgIpc) is 3.21. The number of aromatic nitrogens is 4. The lowest BCUT2D eigenvalue weighted by Gasteiger charge is -2.39. The van der Waals surface area contributed by atoms with Gasteiger partial charge in [-0.3, -0.25) is 14.6 Å². The largest absolute Gasteiger partial charge is 0.391 e. The van der Waals surface area contributed by atoms with E-state index < -0.39 is 21.4 Å². The fraction of sp³-hybridized carbons (Fsp3) is 0.391. The number of hydrogen-bond acceptors (Lipinski definition) is 7. The Balaban J connectivity index is 1.51. The van der Waals surface area contributed by atoms with E-state index >= 15 is 0 Å². The molecule has 10 heteroatoms. The van der Waals surface area contributed by atoms with Crippen LogP contribution in [0.15, 0.2) is 54.9 Å². The molecule has 1 aliphatic rings. The zero-order chi connectivity index (χ0) is 23.4. The van der Waals surface area contributed by atoms with Gasteiger partial charge in [0.25, 0.3) is 0 Å². The summed E-state index contributed by atoms with van der Waals surface area (Å²) in [5.74, 6) is 0. The van der Waals surface area contributed by atoms with E-state index in [-0.39, 0.29) is 6.04 Å². The zero-order valence-electron chi connectivity index (χ0n) is 18.6. The number of anilines is 1. The smallest absolute Gasteiger partial charge is 0.235 e. The Morgan fingerprint density at radius 3 is 2.82 bits per heavy atom. The third-order valence-electron chi connectivity index (χ3n) is 5.72. The molecule has 1 aromatic carbocycles. The third-order valence-corrected chi connectivity index (χ3v) is 7.30. The van der Waals surface area contributed by atoms with Gasteiger partial charge in [-0.1, -0.05) is 23.4 Å². The van der Waals surface area contributed by atoms with Crippen molar-refractivity contribution >= 4 is 15.7 Å². The third kappa shape index (κ3) is 5.76.